The number of nitrogens with two attached hydrogens (primary N) is 1. The lowest BCUT2D eigenvalue weighted by atomic mass is 9.95. The average molecular weight is 538 g/mol. The van der Waals surface area contributed by atoms with Gasteiger partial charge in [0.1, 0.15) is 23.7 Å². The van der Waals surface area contributed by atoms with Gasteiger partial charge in [0.15, 0.2) is 0 Å². The monoisotopic (exact) mass is 537 g/mol. The quantitative estimate of drug-likeness (QED) is 0.277. The second kappa shape index (κ2) is 9.54. The number of nitro benzene ring substituents is 1. The van der Waals surface area contributed by atoms with E-state index in [-0.39, 0.29) is 22.2 Å². The van der Waals surface area contributed by atoms with Crippen molar-refractivity contribution in [2.45, 2.75) is 20.0 Å². The number of halogens is 4. The molecule has 8 nitrogen and oxygen atoms in total. The normalized spacial score (nSPS) is 13.7. The number of pyridine rings is 1. The fourth-order valence-corrected chi connectivity index (χ4v) is 4.32. The first-order valence-electron chi connectivity index (χ1n) is 10.7. The number of nitrogen functional groups attached to an aromatic ring is 1. The maximum atomic E-state index is 13.0. The van der Waals surface area contributed by atoms with Gasteiger partial charge in [-0.2, -0.15) is 23.7 Å². The highest BCUT2D eigenvalue weighted by molar-refractivity contribution is 6.32. The SMILES string of the molecule is CC1=C(C#N)c2nc(N)c(C#N)c(C)c2/C1=C\c1ccc(Oc2ccc(C(F)(F)F)cc2[N+](=O)[O-])c(Cl)c1. The van der Waals surface area contributed by atoms with Gasteiger partial charge in [-0.25, -0.2) is 4.98 Å². The Labute approximate surface area is 218 Å². The Hall–Kier alpha value is -4.87. The zero-order valence-electron chi connectivity index (χ0n) is 19.6. The highest BCUT2D eigenvalue weighted by Crippen LogP contribution is 2.45. The highest BCUT2D eigenvalue weighted by Gasteiger charge is 2.34. The van der Waals surface area contributed by atoms with E-state index in [9.17, 15) is 33.8 Å². The van der Waals surface area contributed by atoms with Crippen molar-refractivity contribution in [1.29, 1.82) is 10.5 Å². The molecule has 0 fully saturated rings. The molecule has 12 heteroatoms. The fraction of sp³-hybridized carbons (Fsp3) is 0.115. The van der Waals surface area contributed by atoms with Gasteiger partial charge in [-0.15, -0.1) is 0 Å². The molecule has 0 atom stereocenters. The van der Waals surface area contributed by atoms with Crippen molar-refractivity contribution in [3.8, 4) is 23.6 Å². The van der Waals surface area contributed by atoms with Crippen LogP contribution in [-0.2, 0) is 6.18 Å². The zero-order valence-corrected chi connectivity index (χ0v) is 20.4. The number of nitrogens with zero attached hydrogens (tertiary/aromatic N) is 4. The topological polar surface area (TPSA) is 139 Å². The van der Waals surface area contributed by atoms with Crippen LogP contribution in [0.15, 0.2) is 42.0 Å². The molecule has 0 aliphatic heterocycles. The van der Waals surface area contributed by atoms with E-state index in [1.807, 2.05) is 6.07 Å². The number of alkyl halides is 3. The van der Waals surface area contributed by atoms with Gasteiger partial charge >= 0.3 is 11.9 Å². The fourth-order valence-electron chi connectivity index (χ4n) is 4.09. The maximum Gasteiger partial charge on any atom is 0.416 e. The van der Waals surface area contributed by atoms with Crippen LogP contribution >= 0.6 is 11.6 Å². The molecule has 2 aromatic carbocycles. The van der Waals surface area contributed by atoms with Crippen LogP contribution in [0.4, 0.5) is 24.7 Å². The number of benzene rings is 2. The first-order chi connectivity index (χ1) is 17.9. The van der Waals surface area contributed by atoms with E-state index < -0.39 is 28.1 Å². The minimum Gasteiger partial charge on any atom is -0.449 e. The largest absolute Gasteiger partial charge is 0.449 e. The van der Waals surface area contributed by atoms with Crippen molar-refractivity contribution < 1.29 is 22.8 Å². The Kier molecular flexibility index (Phi) is 6.58. The summed E-state index contributed by atoms with van der Waals surface area (Å²) in [5, 5.41) is 30.6. The molecule has 1 heterocycles. The van der Waals surface area contributed by atoms with Gasteiger partial charge in [-0.1, -0.05) is 17.7 Å². The van der Waals surface area contributed by atoms with Gasteiger partial charge in [0.2, 0.25) is 5.75 Å². The molecule has 4 rings (SSSR count). The van der Waals surface area contributed by atoms with E-state index in [4.69, 9.17) is 22.1 Å². The molecule has 38 heavy (non-hydrogen) atoms. The third-order valence-corrected chi connectivity index (χ3v) is 6.25. The standard InChI is InChI=1S/C26H15ClF3N5O3/c1-12-16(23-13(2)18(11-32)25(33)34-24(23)17(12)10-31)7-14-3-5-21(19(27)8-14)38-22-6-4-15(26(28,29)30)9-20(22)35(36)37/h3-9H,1-2H3,(H2,33,34)/b16-7-. The summed E-state index contributed by atoms with van der Waals surface area (Å²) in [5.41, 5.74) is 7.67. The van der Waals surface area contributed by atoms with Gasteiger partial charge in [-0.3, -0.25) is 10.1 Å². The third-order valence-electron chi connectivity index (χ3n) is 5.95. The average Bonchev–Trinajstić information content (AvgIpc) is 3.10. The van der Waals surface area contributed by atoms with Crippen molar-refractivity contribution in [3.05, 3.63) is 90.6 Å². The molecular formula is C26H15ClF3N5O3. The summed E-state index contributed by atoms with van der Waals surface area (Å²) in [5.74, 6) is -0.417. The molecule has 3 aromatic rings. The van der Waals surface area contributed by atoms with Crippen molar-refractivity contribution in [3.63, 3.8) is 0 Å². The van der Waals surface area contributed by atoms with Crippen molar-refractivity contribution in [2.75, 3.05) is 5.73 Å². The Morgan fingerprint density at radius 3 is 2.39 bits per heavy atom. The Bertz CT molecular complexity index is 1680. The molecule has 0 unspecified atom stereocenters. The maximum absolute atomic E-state index is 13.0. The Morgan fingerprint density at radius 1 is 1.13 bits per heavy atom. The number of aromatic nitrogens is 1. The number of hydrogen-bond donors (Lipinski definition) is 1. The first kappa shape index (κ1) is 26.2. The lowest BCUT2D eigenvalue weighted by Gasteiger charge is -2.12. The summed E-state index contributed by atoms with van der Waals surface area (Å²) in [6, 6.07) is 10.5. The lowest BCUT2D eigenvalue weighted by molar-refractivity contribution is -0.385. The third kappa shape index (κ3) is 4.51. The van der Waals surface area contributed by atoms with Crippen molar-refractivity contribution in [2.24, 2.45) is 0 Å². The van der Waals surface area contributed by atoms with E-state index >= 15 is 0 Å². The summed E-state index contributed by atoms with van der Waals surface area (Å²) in [4.78, 5) is 14.6. The van der Waals surface area contributed by atoms with Crippen LogP contribution in [0.1, 0.15) is 40.4 Å². The summed E-state index contributed by atoms with van der Waals surface area (Å²) < 4.78 is 44.4. The van der Waals surface area contributed by atoms with Gasteiger partial charge in [0, 0.05) is 11.6 Å². The van der Waals surface area contributed by atoms with Crippen LogP contribution in [0.5, 0.6) is 11.5 Å². The molecule has 0 radical (unpaired) electrons. The van der Waals surface area contributed by atoms with Crippen LogP contribution in [0.25, 0.3) is 17.2 Å². The molecule has 0 bridgehead atoms. The number of hydrogen-bond acceptors (Lipinski definition) is 7. The molecule has 0 saturated heterocycles. The van der Waals surface area contributed by atoms with Gasteiger partial charge < -0.3 is 10.5 Å². The number of fused-ring (bicyclic) bond motifs is 1. The molecule has 0 spiro atoms. The van der Waals surface area contributed by atoms with E-state index in [1.165, 1.54) is 12.1 Å². The molecule has 1 aliphatic carbocycles. The van der Waals surface area contributed by atoms with Crippen molar-refractivity contribution in [1.82, 2.24) is 4.98 Å². The highest BCUT2D eigenvalue weighted by atomic mass is 35.5. The molecule has 190 valence electrons. The summed E-state index contributed by atoms with van der Waals surface area (Å²) >= 11 is 6.35. The van der Waals surface area contributed by atoms with E-state index in [1.54, 1.807) is 26.0 Å². The van der Waals surface area contributed by atoms with E-state index in [0.29, 0.717) is 51.2 Å². The summed E-state index contributed by atoms with van der Waals surface area (Å²) in [6.45, 7) is 3.44. The molecule has 1 aromatic heterocycles. The number of allylic oxidation sites excluding steroid dienone is 3. The Balaban J connectivity index is 1.75. The molecular weight excluding hydrogens is 523 g/mol. The minimum atomic E-state index is -4.76. The van der Waals surface area contributed by atoms with Gasteiger partial charge in [-0.05, 0) is 66.5 Å². The van der Waals surface area contributed by atoms with Crippen LogP contribution in [0, 0.1) is 39.7 Å². The number of anilines is 1. The minimum absolute atomic E-state index is 0.0208. The molecule has 1 aliphatic rings. The number of nitro groups is 1. The molecule has 2 N–H and O–H groups in total. The summed E-state index contributed by atoms with van der Waals surface area (Å²) in [7, 11) is 0. The van der Waals surface area contributed by atoms with Gasteiger partial charge in [0.25, 0.3) is 0 Å². The first-order valence-corrected chi connectivity index (χ1v) is 11.1. The van der Waals surface area contributed by atoms with E-state index in [2.05, 4.69) is 11.1 Å². The molecule has 0 saturated carbocycles. The predicted molar refractivity (Wildman–Crippen MR) is 134 cm³/mol. The van der Waals surface area contributed by atoms with Crippen LogP contribution in [0.2, 0.25) is 5.02 Å². The van der Waals surface area contributed by atoms with E-state index in [0.717, 1.165) is 6.07 Å². The number of rotatable bonds is 4. The number of ether oxygens (including phenoxy) is 1. The Morgan fingerprint density at radius 2 is 1.82 bits per heavy atom. The molecule has 0 amide bonds. The summed E-state index contributed by atoms with van der Waals surface area (Å²) in [6.07, 6.45) is -3.04. The smallest absolute Gasteiger partial charge is 0.416 e. The second-order valence-electron chi connectivity index (χ2n) is 8.23. The van der Waals surface area contributed by atoms with Crippen molar-refractivity contribution >= 4 is 40.3 Å². The lowest BCUT2D eigenvalue weighted by Crippen LogP contribution is -2.06. The predicted octanol–water partition coefficient (Wildman–Crippen LogP) is 7.07. The van der Waals surface area contributed by atoms with Crippen LogP contribution < -0.4 is 10.5 Å². The second-order valence-corrected chi connectivity index (χ2v) is 8.64. The van der Waals surface area contributed by atoms with Crippen LogP contribution in [-0.4, -0.2) is 9.91 Å². The zero-order chi connectivity index (χ0) is 27.9. The van der Waals surface area contributed by atoms with Crippen LogP contribution in [0.3, 0.4) is 0 Å². The number of nitriles is 2. The van der Waals surface area contributed by atoms with Gasteiger partial charge in [0.05, 0.1) is 32.3 Å².